The van der Waals surface area contributed by atoms with E-state index >= 15 is 0 Å². The van der Waals surface area contributed by atoms with Crippen LogP contribution in [-0.4, -0.2) is 57.0 Å². The predicted molar refractivity (Wildman–Crippen MR) is 159 cm³/mol. The number of H-pyrrole nitrogens is 1. The highest BCUT2D eigenvalue weighted by Gasteiger charge is 2.41. The molecule has 0 fully saturated rings. The Morgan fingerprint density at radius 3 is 1.96 bits per heavy atom. The van der Waals surface area contributed by atoms with E-state index in [1.165, 1.54) is 25.0 Å². The second kappa shape index (κ2) is 11.6. The zero-order valence-electron chi connectivity index (χ0n) is 24.9. The van der Waals surface area contributed by atoms with E-state index in [-0.39, 0.29) is 15.8 Å². The summed E-state index contributed by atoms with van der Waals surface area (Å²) in [5, 5.41) is 7.11. The number of aromatic amines is 1. The number of nitrogens with one attached hydrogen (secondary N) is 3. The Kier molecular flexibility index (Phi) is 8.14. The highest BCUT2D eigenvalue weighted by molar-refractivity contribution is 7.92. The van der Waals surface area contributed by atoms with Gasteiger partial charge in [-0.2, -0.15) is 41.2 Å². The average molecular weight is 701 g/mol. The van der Waals surface area contributed by atoms with Crippen LogP contribution in [0.3, 0.4) is 0 Å². The fourth-order valence-electron chi connectivity index (χ4n) is 4.95. The first-order valence-electron chi connectivity index (χ1n) is 13.2. The molecule has 0 bridgehead atoms. The van der Waals surface area contributed by atoms with Gasteiger partial charge in [-0.25, -0.2) is 18.0 Å². The third-order valence-corrected chi connectivity index (χ3v) is 7.48. The van der Waals surface area contributed by atoms with Gasteiger partial charge in [0.05, 0.1) is 64.7 Å². The van der Waals surface area contributed by atoms with Gasteiger partial charge in [-0.3, -0.25) is 24.3 Å². The second-order valence-corrected chi connectivity index (χ2v) is 12.1. The van der Waals surface area contributed by atoms with Crippen molar-refractivity contribution in [2.75, 3.05) is 23.5 Å². The molecule has 14 nitrogen and oxygen atoms in total. The molecule has 0 radical (unpaired) electrons. The van der Waals surface area contributed by atoms with E-state index in [4.69, 9.17) is 4.74 Å². The molecule has 21 heteroatoms. The van der Waals surface area contributed by atoms with Crippen LogP contribution in [0.5, 0.6) is 0 Å². The molecule has 3 N–H and O–H groups in total. The first-order valence-corrected chi connectivity index (χ1v) is 15.1. The van der Waals surface area contributed by atoms with E-state index in [9.17, 15) is 49.1 Å². The Morgan fingerprint density at radius 2 is 1.48 bits per heavy atom. The van der Waals surface area contributed by atoms with Crippen molar-refractivity contribution in [2.24, 2.45) is 14.1 Å². The average Bonchev–Trinajstić information content (AvgIpc) is 3.60. The lowest BCUT2D eigenvalue weighted by Gasteiger charge is -2.24. The van der Waals surface area contributed by atoms with E-state index in [2.05, 4.69) is 20.6 Å². The van der Waals surface area contributed by atoms with Gasteiger partial charge < -0.3 is 9.72 Å². The number of benzene rings is 2. The molecule has 3 aromatic heterocycles. The van der Waals surface area contributed by atoms with Gasteiger partial charge in [-0.15, -0.1) is 0 Å². The standard InChI is InChI=1S/C27H22F6N8O6S/c1-39-10-12(8-34-39)14-5-16-19(7-18(14)26(28,29)30)36-25(44)41(23(16)42)37-21-17(24(43)47-3)6-15(13-9-35-40(2)11-13)20(27(31,32)33)22(21)38-48(4,45)46/h5-11,37-38H,1-4H3,(H,36,44). The van der Waals surface area contributed by atoms with E-state index in [0.717, 1.165) is 36.4 Å². The number of hydrogen-bond acceptors (Lipinski definition) is 9. The molecule has 2 aromatic carbocycles. The van der Waals surface area contributed by atoms with E-state index < -0.39 is 89.7 Å². The number of anilines is 2. The Hall–Kier alpha value is -5.60. The largest absolute Gasteiger partial charge is 0.465 e. The number of ether oxygens (including phenoxy) is 1. The van der Waals surface area contributed by atoms with Gasteiger partial charge in [0.2, 0.25) is 10.0 Å². The molecule has 0 saturated carbocycles. The number of sulfonamides is 1. The number of carbonyl (C=O) groups is 1. The summed E-state index contributed by atoms with van der Waals surface area (Å²) in [6.45, 7) is 0. The monoisotopic (exact) mass is 700 g/mol. The SMILES string of the molecule is COC(=O)c1cc(-c2cnn(C)c2)c(C(F)(F)F)c(NS(C)(=O)=O)c1Nn1c(=O)[nH]c2cc(C(F)(F)F)c(-c3cnn(C)c3)cc2c1=O. The normalized spacial score (nSPS) is 12.4. The third-order valence-electron chi connectivity index (χ3n) is 6.90. The molecule has 0 saturated heterocycles. The summed E-state index contributed by atoms with van der Waals surface area (Å²) in [6.07, 6.45) is -5.31. The molecular formula is C27H22F6N8O6S. The van der Waals surface area contributed by atoms with Crippen molar-refractivity contribution in [3.05, 3.63) is 80.5 Å². The maximum absolute atomic E-state index is 14.8. The Morgan fingerprint density at radius 1 is 0.896 bits per heavy atom. The molecular weight excluding hydrogens is 678 g/mol. The number of carbonyl (C=O) groups excluding carboxylic acids is 1. The van der Waals surface area contributed by atoms with Crippen molar-refractivity contribution in [3.63, 3.8) is 0 Å². The molecule has 0 aliphatic carbocycles. The molecule has 0 unspecified atom stereocenters. The van der Waals surface area contributed by atoms with Gasteiger partial charge in [0.15, 0.2) is 0 Å². The number of alkyl halides is 6. The zero-order valence-corrected chi connectivity index (χ0v) is 25.7. The first-order chi connectivity index (χ1) is 22.2. The molecule has 0 amide bonds. The lowest BCUT2D eigenvalue weighted by Crippen LogP contribution is -2.40. The van der Waals surface area contributed by atoms with E-state index in [0.29, 0.717) is 18.4 Å². The van der Waals surface area contributed by atoms with Crippen LogP contribution in [0.1, 0.15) is 21.5 Å². The topological polar surface area (TPSA) is 175 Å². The number of aromatic nitrogens is 6. The van der Waals surface area contributed by atoms with Crippen LogP contribution in [0, 0.1) is 0 Å². The van der Waals surface area contributed by atoms with Gasteiger partial charge >= 0.3 is 24.0 Å². The van der Waals surface area contributed by atoms with Crippen LogP contribution in [0.4, 0.5) is 37.7 Å². The Labute approximate surface area is 264 Å². The van der Waals surface area contributed by atoms with Crippen molar-refractivity contribution >= 4 is 38.3 Å². The van der Waals surface area contributed by atoms with E-state index in [1.807, 2.05) is 0 Å². The van der Waals surface area contributed by atoms with Gasteiger partial charge in [0.1, 0.15) is 0 Å². The maximum Gasteiger partial charge on any atom is 0.419 e. The molecule has 0 aliphatic rings. The number of hydrogen-bond donors (Lipinski definition) is 3. The lowest BCUT2D eigenvalue weighted by molar-refractivity contribution is -0.137. The summed E-state index contributed by atoms with van der Waals surface area (Å²) in [4.78, 5) is 41.9. The van der Waals surface area contributed by atoms with Gasteiger partial charge in [-0.1, -0.05) is 0 Å². The van der Waals surface area contributed by atoms with Gasteiger partial charge in [0, 0.05) is 43.2 Å². The predicted octanol–water partition coefficient (Wildman–Crippen LogP) is 3.56. The summed E-state index contributed by atoms with van der Waals surface area (Å²) >= 11 is 0. The number of halogens is 6. The highest BCUT2D eigenvalue weighted by Crippen LogP contribution is 2.47. The summed E-state index contributed by atoms with van der Waals surface area (Å²) in [7, 11) is -0.890. The number of fused-ring (bicyclic) bond motifs is 1. The quantitative estimate of drug-likeness (QED) is 0.169. The van der Waals surface area contributed by atoms with Crippen LogP contribution in [0.25, 0.3) is 33.2 Å². The van der Waals surface area contributed by atoms with Crippen molar-refractivity contribution < 1.29 is 44.3 Å². The second-order valence-electron chi connectivity index (χ2n) is 10.4. The van der Waals surface area contributed by atoms with Crippen molar-refractivity contribution in [2.45, 2.75) is 12.4 Å². The fourth-order valence-corrected chi connectivity index (χ4v) is 5.53. The summed E-state index contributed by atoms with van der Waals surface area (Å²) < 4.78 is 120. The number of nitrogens with zero attached hydrogens (tertiary/aromatic N) is 5. The van der Waals surface area contributed by atoms with Crippen molar-refractivity contribution in [3.8, 4) is 22.3 Å². The minimum atomic E-state index is -5.34. The minimum absolute atomic E-state index is 0.0646. The summed E-state index contributed by atoms with van der Waals surface area (Å²) in [5.74, 6) is -1.33. The summed E-state index contributed by atoms with van der Waals surface area (Å²) in [5.41, 5.74) is -8.89. The van der Waals surface area contributed by atoms with Gasteiger partial charge in [-0.05, 0) is 23.8 Å². The van der Waals surface area contributed by atoms with Crippen LogP contribution >= 0.6 is 0 Å². The van der Waals surface area contributed by atoms with Crippen molar-refractivity contribution in [1.82, 2.24) is 29.2 Å². The van der Waals surface area contributed by atoms with Crippen LogP contribution in [-0.2, 0) is 41.2 Å². The lowest BCUT2D eigenvalue weighted by atomic mass is 9.95. The number of esters is 1. The van der Waals surface area contributed by atoms with E-state index in [1.54, 1.807) is 4.72 Å². The summed E-state index contributed by atoms with van der Waals surface area (Å²) in [6, 6.07) is 2.00. The molecule has 254 valence electrons. The number of methoxy groups -OCH3 is 1. The Bertz CT molecular complexity index is 2340. The minimum Gasteiger partial charge on any atom is -0.465 e. The van der Waals surface area contributed by atoms with Crippen LogP contribution in [0.2, 0.25) is 0 Å². The maximum atomic E-state index is 14.8. The molecule has 5 aromatic rings. The number of aryl methyl sites for hydroxylation is 2. The molecule has 48 heavy (non-hydrogen) atoms. The van der Waals surface area contributed by atoms with Crippen LogP contribution in [0.15, 0.2) is 52.6 Å². The molecule has 3 heterocycles. The third kappa shape index (κ3) is 6.35. The number of rotatable bonds is 7. The molecule has 5 rings (SSSR count). The van der Waals surface area contributed by atoms with Gasteiger partial charge in [0.25, 0.3) is 5.56 Å². The zero-order chi connectivity index (χ0) is 35.5. The van der Waals surface area contributed by atoms with Crippen molar-refractivity contribution in [1.29, 1.82) is 0 Å². The fraction of sp³-hybridized carbons (Fsp3) is 0.222. The Balaban J connectivity index is 1.87. The first kappa shape index (κ1) is 33.8. The highest BCUT2D eigenvalue weighted by atomic mass is 32.2. The smallest absolute Gasteiger partial charge is 0.419 e. The molecule has 0 atom stereocenters. The van der Waals surface area contributed by atoms with Crippen LogP contribution < -0.4 is 21.4 Å². The molecule has 0 aliphatic heterocycles. The molecule has 0 spiro atoms.